The molecule has 0 aliphatic rings. The zero-order valence-corrected chi connectivity index (χ0v) is 12.8. The number of nitrogens with two attached hydrogens (primary N) is 1. The number of rotatable bonds is 5. The van der Waals surface area contributed by atoms with Crippen molar-refractivity contribution in [2.45, 2.75) is 40.5 Å². The Bertz CT molecular complexity index is 476. The Labute approximate surface area is 116 Å². The monoisotopic (exact) mass is 263 g/mol. The van der Waals surface area contributed by atoms with Crippen LogP contribution in [0.3, 0.4) is 0 Å². The molecule has 0 saturated carbocycles. The molecule has 2 N–H and O–H groups in total. The van der Waals surface area contributed by atoms with Crippen molar-refractivity contribution in [2.24, 2.45) is 11.1 Å². The van der Waals surface area contributed by atoms with Crippen LogP contribution in [-0.2, 0) is 0 Å². The van der Waals surface area contributed by atoms with Crippen LogP contribution in [0.15, 0.2) is 12.1 Å². The minimum Gasteiger partial charge on any atom is -0.496 e. The maximum atomic E-state index is 12.6. The first kappa shape index (κ1) is 15.7. The standard InChI is InChI=1S/C16H25NO2/c1-10(2)12-8-13(11(3)7-14(12)19-6)15(18)16(4,5)9-17/h7-8,10H,9,17H2,1-6H3. The van der Waals surface area contributed by atoms with E-state index in [0.29, 0.717) is 12.5 Å². The Morgan fingerprint density at radius 2 is 1.95 bits per heavy atom. The minimum atomic E-state index is -0.534. The molecule has 0 spiro atoms. The smallest absolute Gasteiger partial charge is 0.169 e. The Morgan fingerprint density at radius 1 is 1.37 bits per heavy atom. The molecule has 0 unspecified atom stereocenters. The summed E-state index contributed by atoms with van der Waals surface area (Å²) in [5, 5.41) is 0. The third kappa shape index (κ3) is 3.16. The minimum absolute atomic E-state index is 0.0945. The molecule has 3 heteroatoms. The first-order valence-electron chi connectivity index (χ1n) is 6.68. The van der Waals surface area contributed by atoms with Crippen LogP contribution in [0.2, 0.25) is 0 Å². The van der Waals surface area contributed by atoms with Crippen LogP contribution < -0.4 is 10.5 Å². The summed E-state index contributed by atoms with van der Waals surface area (Å²) in [7, 11) is 1.66. The van der Waals surface area contributed by atoms with E-state index >= 15 is 0 Å². The van der Waals surface area contributed by atoms with Gasteiger partial charge in [0.25, 0.3) is 0 Å². The summed E-state index contributed by atoms with van der Waals surface area (Å²) in [5.41, 5.74) is 7.92. The van der Waals surface area contributed by atoms with Crippen molar-refractivity contribution in [2.75, 3.05) is 13.7 Å². The van der Waals surface area contributed by atoms with E-state index in [4.69, 9.17) is 10.5 Å². The number of carbonyl (C=O) groups is 1. The van der Waals surface area contributed by atoms with Gasteiger partial charge >= 0.3 is 0 Å². The zero-order chi connectivity index (χ0) is 14.8. The van der Waals surface area contributed by atoms with E-state index in [9.17, 15) is 4.79 Å². The van der Waals surface area contributed by atoms with E-state index < -0.39 is 5.41 Å². The van der Waals surface area contributed by atoms with E-state index in [0.717, 1.165) is 22.4 Å². The van der Waals surface area contributed by atoms with Crippen LogP contribution in [0, 0.1) is 12.3 Å². The fourth-order valence-corrected chi connectivity index (χ4v) is 2.03. The highest BCUT2D eigenvalue weighted by Gasteiger charge is 2.29. The highest BCUT2D eigenvalue weighted by Crippen LogP contribution is 2.32. The number of Topliss-reactive ketones (excluding diaryl/α,β-unsaturated/α-hetero) is 1. The molecule has 0 heterocycles. The number of carbonyl (C=O) groups excluding carboxylic acids is 1. The molecule has 0 aliphatic heterocycles. The summed E-state index contributed by atoms with van der Waals surface area (Å²) in [5.74, 6) is 1.25. The Hall–Kier alpha value is -1.35. The van der Waals surface area contributed by atoms with E-state index in [2.05, 4.69) is 13.8 Å². The molecule has 0 aliphatic carbocycles. The van der Waals surface area contributed by atoms with E-state index in [-0.39, 0.29) is 5.78 Å². The largest absolute Gasteiger partial charge is 0.496 e. The highest BCUT2D eigenvalue weighted by molar-refractivity contribution is 6.01. The molecule has 0 atom stereocenters. The van der Waals surface area contributed by atoms with Crippen LogP contribution in [0.5, 0.6) is 5.75 Å². The maximum Gasteiger partial charge on any atom is 0.169 e. The molecule has 0 saturated heterocycles. The molecule has 0 aromatic heterocycles. The van der Waals surface area contributed by atoms with Gasteiger partial charge in [0.15, 0.2) is 5.78 Å². The Kier molecular flexibility index (Phi) is 4.75. The van der Waals surface area contributed by atoms with Crippen LogP contribution in [-0.4, -0.2) is 19.4 Å². The summed E-state index contributed by atoms with van der Waals surface area (Å²) in [6.45, 7) is 10.2. The van der Waals surface area contributed by atoms with Gasteiger partial charge in [0, 0.05) is 17.5 Å². The molecule has 1 aromatic rings. The molecular formula is C16H25NO2. The van der Waals surface area contributed by atoms with Gasteiger partial charge in [-0.15, -0.1) is 0 Å². The van der Waals surface area contributed by atoms with Gasteiger partial charge in [0.2, 0.25) is 0 Å². The number of benzene rings is 1. The predicted octanol–water partition coefficient (Wildman–Crippen LogP) is 3.29. The average Bonchev–Trinajstić information content (AvgIpc) is 2.37. The maximum absolute atomic E-state index is 12.6. The molecular weight excluding hydrogens is 238 g/mol. The summed E-state index contributed by atoms with van der Waals surface area (Å²) >= 11 is 0. The molecule has 3 nitrogen and oxygen atoms in total. The first-order valence-corrected chi connectivity index (χ1v) is 6.68. The van der Waals surface area contributed by atoms with Crippen molar-refractivity contribution >= 4 is 5.78 Å². The number of hydrogen-bond donors (Lipinski definition) is 1. The van der Waals surface area contributed by atoms with Crippen LogP contribution in [0.1, 0.15) is 55.1 Å². The van der Waals surface area contributed by atoms with Gasteiger partial charge in [-0.25, -0.2) is 0 Å². The fourth-order valence-electron chi connectivity index (χ4n) is 2.03. The number of ketones is 1. The molecule has 1 aromatic carbocycles. The van der Waals surface area contributed by atoms with Crippen LogP contribution in [0.4, 0.5) is 0 Å². The third-order valence-corrected chi connectivity index (χ3v) is 3.57. The average molecular weight is 263 g/mol. The quantitative estimate of drug-likeness (QED) is 0.829. The summed E-state index contributed by atoms with van der Waals surface area (Å²) < 4.78 is 5.40. The molecule has 106 valence electrons. The van der Waals surface area contributed by atoms with Gasteiger partial charge in [-0.2, -0.15) is 0 Å². The molecule has 1 rings (SSSR count). The van der Waals surface area contributed by atoms with E-state index in [1.807, 2.05) is 32.9 Å². The lowest BCUT2D eigenvalue weighted by Crippen LogP contribution is -2.33. The normalized spacial score (nSPS) is 11.8. The van der Waals surface area contributed by atoms with Crippen molar-refractivity contribution in [1.29, 1.82) is 0 Å². The summed E-state index contributed by atoms with van der Waals surface area (Å²) in [6.07, 6.45) is 0. The van der Waals surface area contributed by atoms with E-state index in [1.54, 1.807) is 7.11 Å². The topological polar surface area (TPSA) is 52.3 Å². The number of ether oxygens (including phenoxy) is 1. The summed E-state index contributed by atoms with van der Waals surface area (Å²) in [6, 6.07) is 3.90. The third-order valence-electron chi connectivity index (χ3n) is 3.57. The van der Waals surface area contributed by atoms with Crippen LogP contribution >= 0.6 is 0 Å². The number of aryl methyl sites for hydroxylation is 1. The Morgan fingerprint density at radius 3 is 2.37 bits per heavy atom. The second-order valence-electron chi connectivity index (χ2n) is 5.98. The molecule has 19 heavy (non-hydrogen) atoms. The molecule has 0 radical (unpaired) electrons. The van der Waals surface area contributed by atoms with Gasteiger partial charge < -0.3 is 10.5 Å². The van der Waals surface area contributed by atoms with Crippen molar-refractivity contribution in [3.63, 3.8) is 0 Å². The lowest BCUT2D eigenvalue weighted by atomic mass is 9.81. The lowest BCUT2D eigenvalue weighted by Gasteiger charge is -2.23. The molecule has 0 amide bonds. The lowest BCUT2D eigenvalue weighted by molar-refractivity contribution is 0.0846. The van der Waals surface area contributed by atoms with Crippen LogP contribution in [0.25, 0.3) is 0 Å². The zero-order valence-electron chi connectivity index (χ0n) is 12.8. The molecule has 0 fully saturated rings. The second-order valence-corrected chi connectivity index (χ2v) is 5.98. The molecule has 0 bridgehead atoms. The van der Waals surface area contributed by atoms with Gasteiger partial charge in [0.05, 0.1) is 7.11 Å². The van der Waals surface area contributed by atoms with Crippen molar-refractivity contribution in [1.82, 2.24) is 0 Å². The number of hydrogen-bond acceptors (Lipinski definition) is 3. The van der Waals surface area contributed by atoms with Crippen molar-refractivity contribution in [3.8, 4) is 5.75 Å². The highest BCUT2D eigenvalue weighted by atomic mass is 16.5. The second kappa shape index (κ2) is 5.74. The van der Waals surface area contributed by atoms with Crippen molar-refractivity contribution in [3.05, 3.63) is 28.8 Å². The summed E-state index contributed by atoms with van der Waals surface area (Å²) in [4.78, 5) is 12.6. The van der Waals surface area contributed by atoms with Gasteiger partial charge in [-0.3, -0.25) is 4.79 Å². The van der Waals surface area contributed by atoms with Gasteiger partial charge in [0.1, 0.15) is 5.75 Å². The van der Waals surface area contributed by atoms with Crippen molar-refractivity contribution < 1.29 is 9.53 Å². The van der Waals surface area contributed by atoms with Gasteiger partial charge in [-0.05, 0) is 36.1 Å². The number of methoxy groups -OCH3 is 1. The van der Waals surface area contributed by atoms with E-state index in [1.165, 1.54) is 0 Å². The first-order chi connectivity index (χ1) is 8.74. The predicted molar refractivity (Wildman–Crippen MR) is 79.0 cm³/mol. The SMILES string of the molecule is COc1cc(C)c(C(=O)C(C)(C)CN)cc1C(C)C. The van der Waals surface area contributed by atoms with Gasteiger partial charge in [-0.1, -0.05) is 27.7 Å². The Balaban J connectivity index is 3.37. The fraction of sp³-hybridized carbons (Fsp3) is 0.562.